The van der Waals surface area contributed by atoms with Crippen molar-refractivity contribution in [1.82, 2.24) is 0 Å². The molecule has 0 atom stereocenters. The molecule has 0 saturated heterocycles. The Morgan fingerprint density at radius 2 is 1.67 bits per heavy atom. The first-order valence-electron chi connectivity index (χ1n) is 6.47. The Bertz CT molecular complexity index is 529. The van der Waals surface area contributed by atoms with E-state index in [1.165, 1.54) is 22.3 Å². The molecule has 0 N–H and O–H groups in total. The monoisotopic (exact) mass is 240 g/mol. The lowest BCUT2D eigenvalue weighted by atomic mass is 10.1. The van der Waals surface area contributed by atoms with Crippen LogP contribution in [0.15, 0.2) is 42.5 Å². The summed E-state index contributed by atoms with van der Waals surface area (Å²) in [6, 6.07) is 14.8. The predicted molar refractivity (Wildman–Crippen MR) is 76.1 cm³/mol. The summed E-state index contributed by atoms with van der Waals surface area (Å²) in [5.41, 5.74) is 5.11. The fraction of sp³-hybridized carbons (Fsp3) is 0.294. The molecule has 0 aliphatic rings. The van der Waals surface area contributed by atoms with Crippen LogP contribution in [0.25, 0.3) is 0 Å². The summed E-state index contributed by atoms with van der Waals surface area (Å²) in [7, 11) is 0. The van der Waals surface area contributed by atoms with Gasteiger partial charge in [0.15, 0.2) is 0 Å². The maximum Gasteiger partial charge on any atom is 0.122 e. The quantitative estimate of drug-likeness (QED) is 0.767. The molecule has 1 heteroatoms. The van der Waals surface area contributed by atoms with E-state index in [2.05, 4.69) is 63.2 Å². The molecular formula is C17H20O. The zero-order valence-corrected chi connectivity index (χ0v) is 11.4. The Morgan fingerprint density at radius 3 is 2.33 bits per heavy atom. The molecule has 94 valence electrons. The lowest BCUT2D eigenvalue weighted by molar-refractivity contribution is 0.303. The van der Waals surface area contributed by atoms with Gasteiger partial charge in [-0.25, -0.2) is 0 Å². The van der Waals surface area contributed by atoms with Gasteiger partial charge in [-0.2, -0.15) is 0 Å². The molecular weight excluding hydrogens is 220 g/mol. The van der Waals surface area contributed by atoms with Gasteiger partial charge >= 0.3 is 0 Å². The lowest BCUT2D eigenvalue weighted by Crippen LogP contribution is -2.00. The molecule has 0 spiro atoms. The molecule has 0 unspecified atom stereocenters. The van der Waals surface area contributed by atoms with Gasteiger partial charge in [0.2, 0.25) is 0 Å². The fourth-order valence-electron chi connectivity index (χ4n) is 2.16. The van der Waals surface area contributed by atoms with Crippen molar-refractivity contribution in [3.05, 3.63) is 64.7 Å². The first-order chi connectivity index (χ1) is 8.70. The summed E-state index contributed by atoms with van der Waals surface area (Å²) in [5.74, 6) is 0.978. The van der Waals surface area contributed by atoms with Gasteiger partial charge in [-0.15, -0.1) is 0 Å². The normalized spacial score (nSPS) is 10.4. The molecule has 1 nitrogen and oxygen atoms in total. The Kier molecular flexibility index (Phi) is 4.03. The van der Waals surface area contributed by atoms with Crippen molar-refractivity contribution in [1.29, 1.82) is 0 Å². The molecule has 0 aromatic heterocycles. The smallest absolute Gasteiger partial charge is 0.122 e. The number of hydrogen-bond acceptors (Lipinski definition) is 1. The maximum atomic E-state index is 5.92. The summed E-state index contributed by atoms with van der Waals surface area (Å²) in [4.78, 5) is 0. The van der Waals surface area contributed by atoms with Gasteiger partial charge < -0.3 is 4.74 Å². The second kappa shape index (κ2) is 5.72. The molecule has 0 aliphatic carbocycles. The van der Waals surface area contributed by atoms with E-state index in [-0.39, 0.29) is 0 Å². The van der Waals surface area contributed by atoms with E-state index in [0.29, 0.717) is 6.61 Å². The van der Waals surface area contributed by atoms with E-state index in [9.17, 15) is 0 Å². The summed E-state index contributed by atoms with van der Waals surface area (Å²) < 4.78 is 5.92. The highest BCUT2D eigenvalue weighted by Gasteiger charge is 2.03. The van der Waals surface area contributed by atoms with Crippen LogP contribution < -0.4 is 4.74 Å². The first-order valence-corrected chi connectivity index (χ1v) is 6.47. The molecule has 2 rings (SSSR count). The molecule has 0 radical (unpaired) electrons. The van der Waals surface area contributed by atoms with Gasteiger partial charge in [0, 0.05) is 0 Å². The van der Waals surface area contributed by atoms with E-state index in [4.69, 9.17) is 4.74 Å². The third kappa shape index (κ3) is 2.92. The Hall–Kier alpha value is -1.76. The molecule has 0 heterocycles. The third-order valence-electron chi connectivity index (χ3n) is 3.21. The van der Waals surface area contributed by atoms with Crippen molar-refractivity contribution < 1.29 is 4.74 Å². The van der Waals surface area contributed by atoms with Crippen molar-refractivity contribution in [2.45, 2.75) is 33.8 Å². The molecule has 2 aromatic carbocycles. The van der Waals surface area contributed by atoms with Crippen molar-refractivity contribution in [2.24, 2.45) is 0 Å². The Balaban J connectivity index is 2.11. The molecule has 0 aliphatic heterocycles. The fourth-order valence-corrected chi connectivity index (χ4v) is 2.16. The van der Waals surface area contributed by atoms with E-state index in [0.717, 1.165) is 12.2 Å². The Labute approximate surface area is 109 Å². The van der Waals surface area contributed by atoms with E-state index >= 15 is 0 Å². The molecule has 0 fully saturated rings. The van der Waals surface area contributed by atoms with Crippen LogP contribution in [0.5, 0.6) is 5.75 Å². The largest absolute Gasteiger partial charge is 0.489 e. The minimum Gasteiger partial charge on any atom is -0.489 e. The zero-order valence-electron chi connectivity index (χ0n) is 11.4. The van der Waals surface area contributed by atoms with Gasteiger partial charge in [-0.3, -0.25) is 0 Å². The van der Waals surface area contributed by atoms with E-state index in [1.807, 2.05) is 0 Å². The van der Waals surface area contributed by atoms with Crippen molar-refractivity contribution >= 4 is 0 Å². The average Bonchev–Trinajstić information content (AvgIpc) is 2.38. The summed E-state index contributed by atoms with van der Waals surface area (Å²) in [6.45, 7) is 7.01. The van der Waals surface area contributed by atoms with Crippen molar-refractivity contribution in [2.75, 3.05) is 0 Å². The topological polar surface area (TPSA) is 9.23 Å². The predicted octanol–water partition coefficient (Wildman–Crippen LogP) is 4.44. The minimum absolute atomic E-state index is 0.647. The number of ether oxygens (including phenoxy) is 1. The van der Waals surface area contributed by atoms with Crippen LogP contribution in [0.2, 0.25) is 0 Å². The summed E-state index contributed by atoms with van der Waals surface area (Å²) in [6.07, 6.45) is 1.05. The van der Waals surface area contributed by atoms with Gasteiger partial charge in [0.05, 0.1) is 0 Å². The third-order valence-corrected chi connectivity index (χ3v) is 3.21. The van der Waals surface area contributed by atoms with Crippen LogP contribution in [-0.4, -0.2) is 0 Å². The highest BCUT2D eigenvalue weighted by atomic mass is 16.5. The molecule has 0 amide bonds. The van der Waals surface area contributed by atoms with Gasteiger partial charge in [-0.05, 0) is 43.0 Å². The second-order valence-corrected chi connectivity index (χ2v) is 4.68. The number of hydrogen-bond donors (Lipinski definition) is 0. The highest BCUT2D eigenvalue weighted by molar-refractivity contribution is 5.36. The molecule has 0 saturated carbocycles. The van der Waals surface area contributed by atoms with Crippen LogP contribution in [-0.2, 0) is 13.0 Å². The average molecular weight is 240 g/mol. The van der Waals surface area contributed by atoms with Gasteiger partial charge in [0.25, 0.3) is 0 Å². The minimum atomic E-state index is 0.647. The van der Waals surface area contributed by atoms with Crippen LogP contribution in [0.3, 0.4) is 0 Å². The van der Waals surface area contributed by atoms with Gasteiger partial charge in [-0.1, -0.05) is 48.9 Å². The second-order valence-electron chi connectivity index (χ2n) is 4.68. The number of aryl methyl sites for hydroxylation is 3. The van der Waals surface area contributed by atoms with Crippen LogP contribution >= 0.6 is 0 Å². The Morgan fingerprint density at radius 1 is 0.944 bits per heavy atom. The summed E-state index contributed by atoms with van der Waals surface area (Å²) in [5, 5.41) is 0. The first kappa shape index (κ1) is 12.7. The SMILES string of the molecule is CCc1ccccc1COc1ccc(C)cc1C. The zero-order chi connectivity index (χ0) is 13.0. The highest BCUT2D eigenvalue weighted by Crippen LogP contribution is 2.21. The van der Waals surface area contributed by atoms with Crippen LogP contribution in [0.4, 0.5) is 0 Å². The van der Waals surface area contributed by atoms with Crippen LogP contribution in [0, 0.1) is 13.8 Å². The molecule has 18 heavy (non-hydrogen) atoms. The van der Waals surface area contributed by atoms with E-state index < -0.39 is 0 Å². The lowest BCUT2D eigenvalue weighted by Gasteiger charge is -2.12. The van der Waals surface area contributed by atoms with Crippen LogP contribution in [0.1, 0.15) is 29.2 Å². The number of benzene rings is 2. The van der Waals surface area contributed by atoms with Gasteiger partial charge in [0.1, 0.15) is 12.4 Å². The van der Waals surface area contributed by atoms with Crippen molar-refractivity contribution in [3.63, 3.8) is 0 Å². The van der Waals surface area contributed by atoms with E-state index in [1.54, 1.807) is 0 Å². The van der Waals surface area contributed by atoms with Crippen molar-refractivity contribution in [3.8, 4) is 5.75 Å². The molecule has 0 bridgehead atoms. The standard InChI is InChI=1S/C17H20O/c1-4-15-7-5-6-8-16(15)12-18-17-10-9-13(2)11-14(17)3/h5-11H,4,12H2,1-3H3. The number of rotatable bonds is 4. The molecule has 2 aromatic rings. The summed E-state index contributed by atoms with van der Waals surface area (Å²) >= 11 is 0. The maximum absolute atomic E-state index is 5.92.